The molecule has 0 fully saturated rings. The molecule has 2 aromatic heterocycles. The Morgan fingerprint density at radius 2 is 1.93 bits per heavy atom. The Hall–Kier alpha value is -3.07. The molecule has 1 amide bonds. The number of fused-ring (bicyclic) bond motifs is 1. The third kappa shape index (κ3) is 3.59. The van der Waals surface area contributed by atoms with Crippen molar-refractivity contribution in [3.05, 3.63) is 58.2 Å². The second-order valence-electron chi connectivity index (χ2n) is 6.41. The molecule has 0 saturated heterocycles. The number of aryl methyl sites for hydroxylation is 1. The first kappa shape index (κ1) is 18.7. The molecule has 27 heavy (non-hydrogen) atoms. The van der Waals surface area contributed by atoms with Gasteiger partial charge >= 0.3 is 15.7 Å². The summed E-state index contributed by atoms with van der Waals surface area (Å²) in [6.07, 6.45) is 1.23. The summed E-state index contributed by atoms with van der Waals surface area (Å²) in [6.45, 7) is 3.88. The molecule has 0 spiro atoms. The molecule has 3 rings (SSSR count). The first-order chi connectivity index (χ1) is 12.6. The largest absolute Gasteiger partial charge is 0.423 e. The fourth-order valence-electron chi connectivity index (χ4n) is 2.79. The lowest BCUT2D eigenvalue weighted by Gasteiger charge is -2.10. The fraction of sp³-hybridized carbons (Fsp3) is 0.222. The van der Waals surface area contributed by atoms with Gasteiger partial charge in [0.05, 0.1) is 0 Å². The molecule has 0 radical (unpaired) electrons. The second kappa shape index (κ2) is 6.58. The van der Waals surface area contributed by atoms with Gasteiger partial charge in [0.1, 0.15) is 21.9 Å². The Bertz CT molecular complexity index is 1200. The minimum atomic E-state index is -4.20. The Labute approximate surface area is 155 Å². The van der Waals surface area contributed by atoms with E-state index in [-0.39, 0.29) is 27.8 Å². The summed E-state index contributed by atoms with van der Waals surface area (Å²) in [4.78, 5) is 22.9. The van der Waals surface area contributed by atoms with E-state index in [4.69, 9.17) is 14.3 Å². The lowest BCUT2D eigenvalue weighted by molar-refractivity contribution is 0.0992. The van der Waals surface area contributed by atoms with Crippen LogP contribution in [0.3, 0.4) is 0 Å². The first-order valence-corrected chi connectivity index (χ1v) is 9.48. The van der Waals surface area contributed by atoms with Gasteiger partial charge in [-0.3, -0.25) is 4.79 Å². The molecule has 142 valence electrons. The molecule has 0 aliphatic heterocycles. The van der Waals surface area contributed by atoms with Crippen LogP contribution in [-0.4, -0.2) is 18.9 Å². The van der Waals surface area contributed by atoms with E-state index >= 15 is 0 Å². The molecule has 1 aromatic carbocycles. The maximum Gasteiger partial charge on any atom is 0.340 e. The lowest BCUT2D eigenvalue weighted by Crippen LogP contribution is -2.14. The van der Waals surface area contributed by atoms with Crippen LogP contribution in [0.5, 0.6) is 5.75 Å². The van der Waals surface area contributed by atoms with Crippen LogP contribution >= 0.6 is 0 Å². The average molecular weight is 390 g/mol. The summed E-state index contributed by atoms with van der Waals surface area (Å²) in [5.74, 6) is -0.688. The molecule has 0 saturated carbocycles. The molecule has 0 aliphatic rings. The van der Waals surface area contributed by atoms with E-state index in [1.54, 1.807) is 6.07 Å². The van der Waals surface area contributed by atoms with Crippen molar-refractivity contribution >= 4 is 27.0 Å². The fourth-order valence-corrected chi connectivity index (χ4v) is 3.78. The van der Waals surface area contributed by atoms with E-state index in [2.05, 4.69) is 0 Å². The second-order valence-corrected chi connectivity index (χ2v) is 7.95. The summed E-state index contributed by atoms with van der Waals surface area (Å²) in [7, 11) is -2.70. The topological polar surface area (TPSA) is 122 Å². The van der Waals surface area contributed by atoms with Crippen molar-refractivity contribution in [2.45, 2.75) is 24.7 Å². The maximum atomic E-state index is 12.5. The Balaban J connectivity index is 2.02. The van der Waals surface area contributed by atoms with Crippen LogP contribution in [0.15, 0.2) is 50.6 Å². The highest BCUT2D eigenvalue weighted by Crippen LogP contribution is 2.28. The Kier molecular flexibility index (Phi) is 4.56. The third-order valence-electron chi connectivity index (χ3n) is 4.10. The molecule has 2 N–H and O–H groups in total. The van der Waals surface area contributed by atoms with Gasteiger partial charge in [-0.05, 0) is 29.7 Å². The van der Waals surface area contributed by atoms with Crippen molar-refractivity contribution in [2.75, 3.05) is 0 Å². The molecule has 0 bridgehead atoms. The van der Waals surface area contributed by atoms with Crippen LogP contribution in [0.1, 0.15) is 35.8 Å². The molecule has 0 aliphatic carbocycles. The number of primary amides is 1. The molecule has 3 aromatic rings. The van der Waals surface area contributed by atoms with Crippen LogP contribution in [0.25, 0.3) is 11.0 Å². The highest BCUT2D eigenvalue weighted by atomic mass is 32.2. The highest BCUT2D eigenvalue weighted by molar-refractivity contribution is 7.87. The zero-order chi connectivity index (χ0) is 19.9. The van der Waals surface area contributed by atoms with Crippen molar-refractivity contribution in [2.24, 2.45) is 12.8 Å². The number of benzene rings is 1. The summed E-state index contributed by atoms with van der Waals surface area (Å²) in [5.41, 5.74) is 5.73. The smallest absolute Gasteiger partial charge is 0.340 e. The quantitative estimate of drug-likeness (QED) is 0.526. The SMILES string of the molecule is CC(C)c1cc(=O)oc2cc(OS(=O)(=O)c3cc(C(N)=O)n(C)c3)ccc12. The summed E-state index contributed by atoms with van der Waals surface area (Å²) in [5, 5.41) is 0.699. The monoisotopic (exact) mass is 390 g/mol. The molecule has 2 heterocycles. The van der Waals surface area contributed by atoms with E-state index < -0.39 is 21.7 Å². The molecular formula is C18H18N2O6S. The molecule has 0 unspecified atom stereocenters. The van der Waals surface area contributed by atoms with E-state index in [0.717, 1.165) is 11.6 Å². The van der Waals surface area contributed by atoms with Gasteiger partial charge in [-0.1, -0.05) is 13.8 Å². The van der Waals surface area contributed by atoms with Crippen molar-refractivity contribution < 1.29 is 21.8 Å². The van der Waals surface area contributed by atoms with Crippen molar-refractivity contribution in [1.29, 1.82) is 0 Å². The van der Waals surface area contributed by atoms with Crippen LogP contribution < -0.4 is 15.5 Å². The van der Waals surface area contributed by atoms with Crippen LogP contribution in [-0.2, 0) is 17.2 Å². The number of carbonyl (C=O) groups is 1. The van der Waals surface area contributed by atoms with Gasteiger partial charge in [0.25, 0.3) is 5.91 Å². The summed E-state index contributed by atoms with van der Waals surface area (Å²) >= 11 is 0. The molecular weight excluding hydrogens is 372 g/mol. The number of hydrogen-bond acceptors (Lipinski definition) is 6. The first-order valence-electron chi connectivity index (χ1n) is 8.07. The Morgan fingerprint density at radius 1 is 1.22 bits per heavy atom. The number of amides is 1. The third-order valence-corrected chi connectivity index (χ3v) is 5.31. The lowest BCUT2D eigenvalue weighted by atomic mass is 10.00. The average Bonchev–Trinajstić information content (AvgIpc) is 2.96. The Morgan fingerprint density at radius 3 is 2.52 bits per heavy atom. The van der Waals surface area contributed by atoms with Crippen molar-refractivity contribution in [3.63, 3.8) is 0 Å². The number of aromatic nitrogens is 1. The summed E-state index contributed by atoms with van der Waals surface area (Å²) < 4.78 is 36.6. The van der Waals surface area contributed by atoms with Gasteiger partial charge in [0.15, 0.2) is 0 Å². The van der Waals surface area contributed by atoms with Gasteiger partial charge in [-0.15, -0.1) is 0 Å². The van der Waals surface area contributed by atoms with Gasteiger partial charge in [0, 0.05) is 30.8 Å². The van der Waals surface area contributed by atoms with Gasteiger partial charge in [0.2, 0.25) is 0 Å². The van der Waals surface area contributed by atoms with Gasteiger partial charge < -0.3 is 18.9 Å². The number of nitrogens with two attached hydrogens (primary N) is 1. The van der Waals surface area contributed by atoms with Gasteiger partial charge in [-0.25, -0.2) is 4.79 Å². The van der Waals surface area contributed by atoms with E-state index in [9.17, 15) is 18.0 Å². The molecule has 9 heteroatoms. The predicted molar refractivity (Wildman–Crippen MR) is 98.3 cm³/mol. The number of hydrogen-bond donors (Lipinski definition) is 1. The minimum Gasteiger partial charge on any atom is -0.423 e. The number of carbonyl (C=O) groups excluding carboxylic acids is 1. The standard InChI is InChI=1S/C18H18N2O6S/c1-10(2)14-8-17(21)25-16-6-11(4-5-13(14)16)26-27(23,24)12-7-15(18(19)22)20(3)9-12/h4-10H,1-3H3,(H2,19,22). The summed E-state index contributed by atoms with van der Waals surface area (Å²) in [6, 6.07) is 7.01. The van der Waals surface area contributed by atoms with E-state index in [1.165, 1.54) is 36.0 Å². The predicted octanol–water partition coefficient (Wildman–Crippen LogP) is 2.12. The van der Waals surface area contributed by atoms with Gasteiger partial charge in [-0.2, -0.15) is 8.42 Å². The maximum absolute atomic E-state index is 12.5. The highest BCUT2D eigenvalue weighted by Gasteiger charge is 2.22. The minimum absolute atomic E-state index is 0.0176. The zero-order valence-electron chi connectivity index (χ0n) is 14.9. The number of nitrogens with zero attached hydrogens (tertiary/aromatic N) is 1. The zero-order valence-corrected chi connectivity index (χ0v) is 15.7. The normalized spacial score (nSPS) is 11.9. The van der Waals surface area contributed by atoms with Crippen molar-refractivity contribution in [3.8, 4) is 5.75 Å². The molecule has 0 atom stereocenters. The van der Waals surface area contributed by atoms with E-state index in [0.29, 0.717) is 5.39 Å². The van der Waals surface area contributed by atoms with Crippen molar-refractivity contribution in [1.82, 2.24) is 4.57 Å². The van der Waals surface area contributed by atoms with Crippen LogP contribution in [0, 0.1) is 0 Å². The van der Waals surface area contributed by atoms with Crippen LogP contribution in [0.4, 0.5) is 0 Å². The van der Waals surface area contributed by atoms with E-state index in [1.807, 2.05) is 13.8 Å². The number of rotatable bonds is 5. The molecule has 8 nitrogen and oxygen atoms in total. The van der Waals surface area contributed by atoms with Crippen LogP contribution in [0.2, 0.25) is 0 Å².